The fourth-order valence-corrected chi connectivity index (χ4v) is 5.44. The van der Waals surface area contributed by atoms with Crippen LogP contribution in [-0.4, -0.2) is 87.6 Å². The van der Waals surface area contributed by atoms with Gasteiger partial charge in [0.15, 0.2) is 0 Å². The molecule has 9 nitrogen and oxygen atoms in total. The fraction of sp³-hybridized carbons (Fsp3) is 0.722. The Morgan fingerprint density at radius 2 is 1.40 bits per heavy atom. The van der Waals surface area contributed by atoms with Crippen molar-refractivity contribution < 1.29 is 44.6 Å². The van der Waals surface area contributed by atoms with Gasteiger partial charge in [-0.15, -0.1) is 0 Å². The molecule has 0 amide bonds. The monoisotopic (exact) mass is 638 g/mol. The van der Waals surface area contributed by atoms with E-state index < -0.39 is 54.4 Å². The second-order valence-electron chi connectivity index (χ2n) is 12.8. The van der Waals surface area contributed by atoms with E-state index in [4.69, 9.17) is 9.47 Å². The Kier molecular flexibility index (Phi) is 20.6. The van der Waals surface area contributed by atoms with Crippen molar-refractivity contribution in [1.82, 2.24) is 0 Å². The minimum atomic E-state index is -1.17. The predicted octanol–water partition coefficient (Wildman–Crippen LogP) is 4.70. The molecule has 0 bridgehead atoms. The van der Waals surface area contributed by atoms with E-state index in [-0.39, 0.29) is 30.0 Å². The van der Waals surface area contributed by atoms with E-state index in [0.717, 1.165) is 11.1 Å². The van der Waals surface area contributed by atoms with Crippen LogP contribution >= 0.6 is 0 Å². The summed E-state index contributed by atoms with van der Waals surface area (Å²) in [6.45, 7) is 18.2. The molecule has 0 heterocycles. The summed E-state index contributed by atoms with van der Waals surface area (Å²) in [6.07, 6.45) is 4.59. The maximum Gasteiger partial charge on any atom is 0.333 e. The largest absolute Gasteiger partial charge is 0.463 e. The van der Waals surface area contributed by atoms with Gasteiger partial charge >= 0.3 is 5.97 Å². The number of aliphatic hydroxyl groups is 5. The van der Waals surface area contributed by atoms with Gasteiger partial charge in [0, 0.05) is 42.8 Å². The topological polar surface area (TPSA) is 154 Å². The normalized spacial score (nSPS) is 20.8. The minimum Gasteiger partial charge on any atom is -0.463 e. The molecule has 0 aliphatic rings. The summed E-state index contributed by atoms with van der Waals surface area (Å²) in [6, 6.07) is 0. The van der Waals surface area contributed by atoms with Gasteiger partial charge in [-0.1, -0.05) is 77.0 Å². The van der Waals surface area contributed by atoms with Gasteiger partial charge in [0.1, 0.15) is 11.9 Å². The molecule has 9 heteroatoms. The quantitative estimate of drug-likeness (QED) is 0.0684. The SMILES string of the molecule is CCOC(=O)/C(C)=C/C(C)=C/[C@@H](C)[C@H](O)C(C)C/C(C)=C/C=C/[C@@H](OC)[C@H](O)[C@@H](C)[C@H](O)C(C)C(=O)C[C@H](O)[C@@H](C)[C@H](O)CC. The molecule has 45 heavy (non-hydrogen) atoms. The van der Waals surface area contributed by atoms with Gasteiger partial charge in [-0.2, -0.15) is 0 Å². The van der Waals surface area contributed by atoms with Crippen molar-refractivity contribution in [1.29, 1.82) is 0 Å². The first-order valence-corrected chi connectivity index (χ1v) is 16.3. The lowest BCUT2D eigenvalue weighted by Crippen LogP contribution is -2.43. The Bertz CT molecular complexity index is 1010. The van der Waals surface area contributed by atoms with E-state index in [1.807, 2.05) is 39.8 Å². The highest BCUT2D eigenvalue weighted by Gasteiger charge is 2.35. The average Bonchev–Trinajstić information content (AvgIpc) is 2.99. The first kappa shape index (κ1) is 42.9. The van der Waals surface area contributed by atoms with E-state index in [1.54, 1.807) is 59.8 Å². The van der Waals surface area contributed by atoms with Crippen LogP contribution in [-0.2, 0) is 19.1 Å². The highest BCUT2D eigenvalue weighted by Crippen LogP contribution is 2.25. The summed E-state index contributed by atoms with van der Waals surface area (Å²) >= 11 is 0. The molecule has 0 rings (SSSR count). The summed E-state index contributed by atoms with van der Waals surface area (Å²) in [7, 11) is 1.46. The maximum absolute atomic E-state index is 12.8. The zero-order valence-corrected chi connectivity index (χ0v) is 29.4. The molecule has 0 saturated heterocycles. The number of Topliss-reactive ketones (excluding diaryl/α,β-unsaturated/α-hetero) is 1. The van der Waals surface area contributed by atoms with Crippen molar-refractivity contribution in [2.75, 3.05) is 13.7 Å². The summed E-state index contributed by atoms with van der Waals surface area (Å²) < 4.78 is 10.5. The van der Waals surface area contributed by atoms with E-state index in [2.05, 4.69) is 0 Å². The number of rotatable bonds is 21. The molecule has 0 aromatic carbocycles. The van der Waals surface area contributed by atoms with Crippen LogP contribution in [0, 0.1) is 29.6 Å². The van der Waals surface area contributed by atoms with Crippen molar-refractivity contribution >= 4 is 11.8 Å². The molecule has 2 unspecified atom stereocenters. The van der Waals surface area contributed by atoms with Crippen molar-refractivity contribution in [3.8, 4) is 0 Å². The molecule has 0 aromatic heterocycles. The third-order valence-corrected chi connectivity index (χ3v) is 8.76. The number of carbonyl (C=O) groups excluding carboxylic acids is 2. The fourth-order valence-electron chi connectivity index (χ4n) is 5.44. The Morgan fingerprint density at radius 1 is 0.800 bits per heavy atom. The molecular formula is C36H62O9. The molecule has 0 aliphatic heterocycles. The Balaban J connectivity index is 5.26. The van der Waals surface area contributed by atoms with Crippen molar-refractivity contribution in [2.45, 2.75) is 125 Å². The van der Waals surface area contributed by atoms with E-state index >= 15 is 0 Å². The lowest BCUT2D eigenvalue weighted by molar-refractivity contribution is -0.138. The summed E-state index contributed by atoms with van der Waals surface area (Å²) in [5.41, 5.74) is 2.39. The molecule has 0 radical (unpaired) electrons. The molecular weight excluding hydrogens is 576 g/mol. The van der Waals surface area contributed by atoms with Crippen LogP contribution < -0.4 is 0 Å². The number of methoxy groups -OCH3 is 1. The standard InChI is InChI=1S/C36H62O9/c1-12-29(37)26(8)30(38)20-31(39)27(9)34(41)28(10)35(42)32(44-11)16-14-15-21(3)17-23(5)33(40)24(6)18-22(4)19-25(7)36(43)45-13-2/h14-16,18-19,23-24,26-30,32-35,37-38,40-42H,12-13,17,20H2,1-11H3/b16-14+,21-15+,22-18+,25-19+/t23?,24-,26+,27?,28+,29-,30+,32-,33-,34-,35-/m1/s1. The molecule has 0 spiro atoms. The number of allylic oxidation sites excluding steroid dienone is 5. The molecule has 11 atom stereocenters. The van der Waals surface area contributed by atoms with Crippen LogP contribution in [0.4, 0.5) is 0 Å². The Hall–Kier alpha value is -2.14. The van der Waals surface area contributed by atoms with Crippen molar-refractivity contribution in [2.24, 2.45) is 29.6 Å². The number of hydrogen-bond acceptors (Lipinski definition) is 9. The number of esters is 1. The zero-order chi connectivity index (χ0) is 35.0. The van der Waals surface area contributed by atoms with E-state index in [9.17, 15) is 35.1 Å². The second kappa shape index (κ2) is 21.6. The Morgan fingerprint density at radius 3 is 1.93 bits per heavy atom. The second-order valence-corrected chi connectivity index (χ2v) is 12.8. The van der Waals surface area contributed by atoms with Crippen LogP contribution in [0.25, 0.3) is 0 Å². The lowest BCUT2D eigenvalue weighted by atomic mass is 9.82. The third kappa shape index (κ3) is 14.9. The summed E-state index contributed by atoms with van der Waals surface area (Å²) in [5.74, 6) is -2.89. The molecule has 0 aliphatic carbocycles. The van der Waals surface area contributed by atoms with Crippen LogP contribution in [0.15, 0.2) is 47.1 Å². The highest BCUT2D eigenvalue weighted by molar-refractivity contribution is 5.88. The smallest absolute Gasteiger partial charge is 0.333 e. The first-order chi connectivity index (χ1) is 20.9. The molecule has 0 saturated carbocycles. The number of carbonyl (C=O) groups is 2. The van der Waals surface area contributed by atoms with Gasteiger partial charge in [-0.25, -0.2) is 4.79 Å². The van der Waals surface area contributed by atoms with Crippen LogP contribution in [0.1, 0.15) is 88.5 Å². The van der Waals surface area contributed by atoms with Gasteiger partial charge in [-0.3, -0.25) is 4.79 Å². The van der Waals surface area contributed by atoms with E-state index in [1.165, 1.54) is 7.11 Å². The number of aliphatic hydroxyl groups excluding tert-OH is 5. The maximum atomic E-state index is 12.8. The van der Waals surface area contributed by atoms with Gasteiger partial charge < -0.3 is 35.0 Å². The Labute approximate surface area is 271 Å². The van der Waals surface area contributed by atoms with Crippen LogP contribution in [0.2, 0.25) is 0 Å². The molecule has 0 fully saturated rings. The highest BCUT2D eigenvalue weighted by atomic mass is 16.5. The number of ether oxygens (including phenoxy) is 2. The van der Waals surface area contributed by atoms with Crippen molar-refractivity contribution in [3.63, 3.8) is 0 Å². The first-order valence-electron chi connectivity index (χ1n) is 16.3. The molecule has 260 valence electrons. The zero-order valence-electron chi connectivity index (χ0n) is 29.4. The van der Waals surface area contributed by atoms with Crippen molar-refractivity contribution in [3.05, 3.63) is 47.1 Å². The number of hydrogen-bond donors (Lipinski definition) is 5. The van der Waals surface area contributed by atoms with E-state index in [0.29, 0.717) is 25.0 Å². The third-order valence-electron chi connectivity index (χ3n) is 8.76. The van der Waals surface area contributed by atoms with Gasteiger partial charge in [0.05, 0.1) is 37.1 Å². The van der Waals surface area contributed by atoms with Gasteiger partial charge in [0.2, 0.25) is 0 Å². The minimum absolute atomic E-state index is 0.0476. The number of ketones is 1. The lowest BCUT2D eigenvalue weighted by Gasteiger charge is -2.31. The summed E-state index contributed by atoms with van der Waals surface area (Å²) in [4.78, 5) is 24.6. The average molecular weight is 639 g/mol. The van der Waals surface area contributed by atoms with Gasteiger partial charge in [0.25, 0.3) is 0 Å². The molecule has 0 aromatic rings. The summed E-state index contributed by atoms with van der Waals surface area (Å²) in [5, 5.41) is 53.1. The van der Waals surface area contributed by atoms with Crippen LogP contribution in [0.5, 0.6) is 0 Å². The van der Waals surface area contributed by atoms with Crippen LogP contribution in [0.3, 0.4) is 0 Å². The van der Waals surface area contributed by atoms with Gasteiger partial charge in [-0.05, 0) is 52.5 Å². The molecule has 5 N–H and O–H groups in total. The predicted molar refractivity (Wildman–Crippen MR) is 178 cm³/mol.